The van der Waals surface area contributed by atoms with Crippen LogP contribution >= 0.6 is 0 Å². The summed E-state index contributed by atoms with van der Waals surface area (Å²) in [5.41, 5.74) is 5.94. The van der Waals surface area contributed by atoms with E-state index < -0.39 is 0 Å². The predicted octanol–water partition coefficient (Wildman–Crippen LogP) is 0.835. The lowest BCUT2D eigenvalue weighted by molar-refractivity contribution is -0.140. The lowest BCUT2D eigenvalue weighted by Crippen LogP contribution is -2.34. The highest BCUT2D eigenvalue weighted by atomic mass is 16.5. The van der Waals surface area contributed by atoms with Gasteiger partial charge in [0.25, 0.3) is 0 Å². The molecule has 0 saturated carbocycles. The summed E-state index contributed by atoms with van der Waals surface area (Å²) in [7, 11) is 0. The molecular weight excluding hydrogens is 180 g/mol. The second-order valence-corrected chi connectivity index (χ2v) is 3.32. The minimum Gasteiger partial charge on any atom is -0.461 e. The van der Waals surface area contributed by atoms with E-state index in [1.165, 1.54) is 12.6 Å². The molecule has 80 valence electrons. The third-order valence-electron chi connectivity index (χ3n) is 2.34. The molecule has 1 saturated heterocycles. The topological polar surface area (TPSA) is 55.6 Å². The molecule has 0 aromatic carbocycles. The highest BCUT2D eigenvalue weighted by Gasteiger charge is 2.19. The van der Waals surface area contributed by atoms with Crippen LogP contribution in [0.25, 0.3) is 0 Å². The zero-order chi connectivity index (χ0) is 10.4. The van der Waals surface area contributed by atoms with Crippen molar-refractivity contribution < 1.29 is 9.53 Å². The summed E-state index contributed by atoms with van der Waals surface area (Å²) in [5, 5.41) is 0. The number of ether oxygens (including phenoxy) is 1. The van der Waals surface area contributed by atoms with Crippen LogP contribution in [0.4, 0.5) is 0 Å². The SMILES string of the molecule is CCOC(=O)C(=CN)N1CCCCC1. The molecule has 1 aliphatic heterocycles. The van der Waals surface area contributed by atoms with E-state index in [2.05, 4.69) is 0 Å². The summed E-state index contributed by atoms with van der Waals surface area (Å²) >= 11 is 0. The van der Waals surface area contributed by atoms with Crippen LogP contribution in [-0.4, -0.2) is 30.6 Å². The molecule has 0 radical (unpaired) electrons. The van der Waals surface area contributed by atoms with E-state index in [1.54, 1.807) is 6.92 Å². The summed E-state index contributed by atoms with van der Waals surface area (Å²) in [4.78, 5) is 13.5. The van der Waals surface area contributed by atoms with Crippen molar-refractivity contribution >= 4 is 5.97 Å². The summed E-state index contributed by atoms with van der Waals surface area (Å²) in [6.45, 7) is 4.00. The van der Waals surface area contributed by atoms with Crippen molar-refractivity contribution in [2.24, 2.45) is 5.73 Å². The maximum Gasteiger partial charge on any atom is 0.356 e. The Morgan fingerprint density at radius 3 is 2.57 bits per heavy atom. The van der Waals surface area contributed by atoms with Gasteiger partial charge in [-0.05, 0) is 26.2 Å². The van der Waals surface area contributed by atoms with Gasteiger partial charge in [0.15, 0.2) is 0 Å². The molecule has 1 aliphatic rings. The number of hydrogen-bond donors (Lipinski definition) is 1. The number of piperidine rings is 1. The average molecular weight is 198 g/mol. The Bertz CT molecular complexity index is 220. The fourth-order valence-corrected chi connectivity index (χ4v) is 1.64. The summed E-state index contributed by atoms with van der Waals surface area (Å²) in [6, 6.07) is 0. The van der Waals surface area contributed by atoms with Crippen LogP contribution < -0.4 is 5.73 Å². The van der Waals surface area contributed by atoms with Crippen LogP contribution in [0.2, 0.25) is 0 Å². The first-order chi connectivity index (χ1) is 6.79. The molecule has 0 aliphatic carbocycles. The van der Waals surface area contributed by atoms with Crippen LogP contribution in [0.15, 0.2) is 11.9 Å². The molecule has 0 aromatic rings. The first-order valence-corrected chi connectivity index (χ1v) is 5.13. The molecular formula is C10H18N2O2. The van der Waals surface area contributed by atoms with Crippen molar-refractivity contribution in [3.05, 3.63) is 11.9 Å². The maximum atomic E-state index is 11.5. The van der Waals surface area contributed by atoms with Gasteiger partial charge in [0, 0.05) is 19.3 Å². The molecule has 0 atom stereocenters. The molecule has 1 rings (SSSR count). The number of likely N-dealkylation sites (tertiary alicyclic amines) is 1. The Morgan fingerprint density at radius 1 is 1.43 bits per heavy atom. The van der Waals surface area contributed by atoms with Crippen molar-refractivity contribution in [3.63, 3.8) is 0 Å². The number of nitrogens with zero attached hydrogens (tertiary/aromatic N) is 1. The first kappa shape index (κ1) is 10.9. The van der Waals surface area contributed by atoms with Gasteiger partial charge in [-0.1, -0.05) is 0 Å². The van der Waals surface area contributed by atoms with E-state index >= 15 is 0 Å². The number of esters is 1. The molecule has 0 spiro atoms. The van der Waals surface area contributed by atoms with Gasteiger partial charge in [-0.15, -0.1) is 0 Å². The van der Waals surface area contributed by atoms with E-state index in [4.69, 9.17) is 10.5 Å². The Kier molecular flexibility index (Phi) is 4.29. The van der Waals surface area contributed by atoms with Gasteiger partial charge in [0.1, 0.15) is 5.70 Å². The van der Waals surface area contributed by atoms with E-state index in [9.17, 15) is 4.79 Å². The second kappa shape index (κ2) is 5.52. The fraction of sp³-hybridized carbons (Fsp3) is 0.700. The van der Waals surface area contributed by atoms with Crippen molar-refractivity contribution in [1.82, 2.24) is 4.90 Å². The molecule has 0 bridgehead atoms. The lowest BCUT2D eigenvalue weighted by Gasteiger charge is -2.29. The Labute approximate surface area is 84.7 Å². The van der Waals surface area contributed by atoms with E-state index in [0.29, 0.717) is 12.3 Å². The van der Waals surface area contributed by atoms with Gasteiger partial charge in [0.2, 0.25) is 0 Å². The Morgan fingerprint density at radius 2 is 2.07 bits per heavy atom. The minimum absolute atomic E-state index is 0.308. The third-order valence-corrected chi connectivity index (χ3v) is 2.34. The normalized spacial score (nSPS) is 18.1. The van der Waals surface area contributed by atoms with Crippen molar-refractivity contribution in [1.29, 1.82) is 0 Å². The quantitative estimate of drug-likeness (QED) is 0.539. The third kappa shape index (κ3) is 2.65. The molecule has 4 nitrogen and oxygen atoms in total. The standard InChI is InChI=1S/C10H18N2O2/c1-2-14-10(13)9(8-11)12-6-4-3-5-7-12/h8H,2-7,11H2,1H3. The molecule has 0 unspecified atom stereocenters. The van der Waals surface area contributed by atoms with Gasteiger partial charge >= 0.3 is 5.97 Å². The van der Waals surface area contributed by atoms with Crippen LogP contribution in [-0.2, 0) is 9.53 Å². The van der Waals surface area contributed by atoms with E-state index in [0.717, 1.165) is 25.9 Å². The summed E-state index contributed by atoms with van der Waals surface area (Å²) in [6.07, 6.45) is 4.83. The Hall–Kier alpha value is -1.19. The van der Waals surface area contributed by atoms with Gasteiger partial charge in [0.05, 0.1) is 6.61 Å². The fourth-order valence-electron chi connectivity index (χ4n) is 1.64. The highest BCUT2D eigenvalue weighted by Crippen LogP contribution is 2.14. The number of hydrogen-bond acceptors (Lipinski definition) is 4. The molecule has 1 fully saturated rings. The van der Waals surface area contributed by atoms with Crippen molar-refractivity contribution in [2.45, 2.75) is 26.2 Å². The predicted molar refractivity (Wildman–Crippen MR) is 54.3 cm³/mol. The summed E-state index contributed by atoms with van der Waals surface area (Å²) in [5.74, 6) is -0.308. The Balaban J connectivity index is 2.56. The molecule has 14 heavy (non-hydrogen) atoms. The molecule has 0 aromatic heterocycles. The van der Waals surface area contributed by atoms with E-state index in [-0.39, 0.29) is 5.97 Å². The van der Waals surface area contributed by atoms with Gasteiger partial charge in [-0.3, -0.25) is 0 Å². The van der Waals surface area contributed by atoms with E-state index in [1.807, 2.05) is 4.90 Å². The largest absolute Gasteiger partial charge is 0.461 e. The second-order valence-electron chi connectivity index (χ2n) is 3.32. The zero-order valence-corrected chi connectivity index (χ0v) is 8.66. The molecule has 4 heteroatoms. The number of rotatable bonds is 3. The van der Waals surface area contributed by atoms with Crippen molar-refractivity contribution in [2.75, 3.05) is 19.7 Å². The minimum atomic E-state index is -0.308. The van der Waals surface area contributed by atoms with Gasteiger partial charge in [-0.2, -0.15) is 0 Å². The molecule has 2 N–H and O–H groups in total. The van der Waals surface area contributed by atoms with Crippen LogP contribution in [0, 0.1) is 0 Å². The van der Waals surface area contributed by atoms with Crippen molar-refractivity contribution in [3.8, 4) is 0 Å². The summed E-state index contributed by atoms with van der Waals surface area (Å²) < 4.78 is 4.92. The number of carbonyl (C=O) groups is 1. The number of carbonyl (C=O) groups excluding carboxylic acids is 1. The van der Waals surface area contributed by atoms with Gasteiger partial charge in [-0.25, -0.2) is 4.79 Å². The van der Waals surface area contributed by atoms with Crippen LogP contribution in [0.3, 0.4) is 0 Å². The van der Waals surface area contributed by atoms with Crippen LogP contribution in [0.5, 0.6) is 0 Å². The highest BCUT2D eigenvalue weighted by molar-refractivity contribution is 5.87. The smallest absolute Gasteiger partial charge is 0.356 e. The van der Waals surface area contributed by atoms with Gasteiger partial charge < -0.3 is 15.4 Å². The average Bonchev–Trinajstić information content (AvgIpc) is 2.21. The number of nitrogens with two attached hydrogens (primary N) is 1. The first-order valence-electron chi connectivity index (χ1n) is 5.13. The van der Waals surface area contributed by atoms with Crippen LogP contribution in [0.1, 0.15) is 26.2 Å². The maximum absolute atomic E-state index is 11.5. The molecule has 1 heterocycles. The lowest BCUT2D eigenvalue weighted by atomic mass is 10.1. The molecule has 0 amide bonds. The monoisotopic (exact) mass is 198 g/mol. The zero-order valence-electron chi connectivity index (χ0n) is 8.66.